The molecule has 0 aliphatic rings. The summed E-state index contributed by atoms with van der Waals surface area (Å²) in [7, 11) is 0. The van der Waals surface area contributed by atoms with Crippen LogP contribution < -0.4 is 4.74 Å². The summed E-state index contributed by atoms with van der Waals surface area (Å²) in [6, 6.07) is 7.34. The Kier molecular flexibility index (Phi) is 3.50. The first-order valence-electron chi connectivity index (χ1n) is 5.00. The summed E-state index contributed by atoms with van der Waals surface area (Å²) < 4.78 is 5.68. The topological polar surface area (TPSA) is 35.0 Å². The summed E-state index contributed by atoms with van der Waals surface area (Å²) in [5.74, 6) is 1.14. The minimum Gasteiger partial charge on any atom is -0.454 e. The molecular weight excluding hydrogens is 259 g/mol. The van der Waals surface area contributed by atoms with Crippen LogP contribution in [0.3, 0.4) is 0 Å². The average Bonchev–Trinajstić information content (AvgIpc) is 2.30. The smallest absolute Gasteiger partial charge is 0.194 e. The van der Waals surface area contributed by atoms with Gasteiger partial charge in [-0.1, -0.05) is 35.3 Å². The summed E-state index contributed by atoms with van der Waals surface area (Å²) in [5.41, 5.74) is 2.20. The molecule has 3 nitrogen and oxygen atoms in total. The van der Waals surface area contributed by atoms with Crippen molar-refractivity contribution in [2.24, 2.45) is 0 Å². The van der Waals surface area contributed by atoms with Crippen molar-refractivity contribution in [3.8, 4) is 11.5 Å². The molecule has 2 rings (SSSR count). The lowest BCUT2D eigenvalue weighted by atomic mass is 10.1. The van der Waals surface area contributed by atoms with Gasteiger partial charge < -0.3 is 4.74 Å². The first kappa shape index (κ1) is 12.1. The number of ether oxygens (including phenoxy) is 1. The van der Waals surface area contributed by atoms with Gasteiger partial charge in [0.2, 0.25) is 0 Å². The summed E-state index contributed by atoms with van der Waals surface area (Å²) in [4.78, 5) is 0. The van der Waals surface area contributed by atoms with Gasteiger partial charge in [0, 0.05) is 6.07 Å². The Morgan fingerprint density at radius 2 is 1.82 bits per heavy atom. The van der Waals surface area contributed by atoms with E-state index in [0.717, 1.165) is 16.9 Å². The molecule has 0 amide bonds. The van der Waals surface area contributed by atoms with E-state index < -0.39 is 0 Å². The van der Waals surface area contributed by atoms with Crippen LogP contribution in [0.5, 0.6) is 11.5 Å². The molecular formula is C12H10Cl2N2O. The number of benzene rings is 1. The zero-order valence-electron chi connectivity index (χ0n) is 9.37. The molecule has 0 N–H and O–H groups in total. The molecule has 0 radical (unpaired) electrons. The maximum Gasteiger partial charge on any atom is 0.194 e. The molecule has 0 saturated carbocycles. The second-order valence-electron chi connectivity index (χ2n) is 3.62. The van der Waals surface area contributed by atoms with Crippen LogP contribution in [0, 0.1) is 13.8 Å². The average molecular weight is 269 g/mol. The van der Waals surface area contributed by atoms with E-state index in [1.807, 2.05) is 32.0 Å². The second kappa shape index (κ2) is 4.90. The van der Waals surface area contributed by atoms with Gasteiger partial charge in [-0.05, 0) is 31.0 Å². The predicted molar refractivity (Wildman–Crippen MR) is 68.0 cm³/mol. The monoisotopic (exact) mass is 268 g/mol. The fourth-order valence-corrected chi connectivity index (χ4v) is 1.63. The molecule has 1 aromatic heterocycles. The molecule has 1 heterocycles. The summed E-state index contributed by atoms with van der Waals surface area (Å²) in [5, 5.41) is 7.75. The largest absolute Gasteiger partial charge is 0.454 e. The maximum atomic E-state index is 5.88. The predicted octanol–water partition coefficient (Wildman–Crippen LogP) is 4.19. The second-order valence-corrected chi connectivity index (χ2v) is 4.37. The zero-order valence-corrected chi connectivity index (χ0v) is 10.9. The van der Waals surface area contributed by atoms with Crippen molar-refractivity contribution in [2.75, 3.05) is 0 Å². The normalized spacial score (nSPS) is 10.4. The van der Waals surface area contributed by atoms with Crippen molar-refractivity contribution >= 4 is 23.2 Å². The third kappa shape index (κ3) is 2.68. The van der Waals surface area contributed by atoms with Crippen LogP contribution in [0.4, 0.5) is 0 Å². The van der Waals surface area contributed by atoms with Gasteiger partial charge in [-0.25, -0.2) is 0 Å². The third-order valence-corrected chi connectivity index (χ3v) is 2.91. The SMILES string of the molecule is Cc1cccc(Oc2cc(Cl)nnc2Cl)c1C. The van der Waals surface area contributed by atoms with Gasteiger partial charge >= 0.3 is 0 Å². The van der Waals surface area contributed by atoms with Crippen molar-refractivity contribution < 1.29 is 4.74 Å². The molecule has 88 valence electrons. The van der Waals surface area contributed by atoms with E-state index in [2.05, 4.69) is 10.2 Å². The fourth-order valence-electron chi connectivity index (χ4n) is 1.36. The molecule has 0 unspecified atom stereocenters. The number of nitrogens with zero attached hydrogens (tertiary/aromatic N) is 2. The van der Waals surface area contributed by atoms with Gasteiger partial charge in [-0.15, -0.1) is 10.2 Å². The van der Waals surface area contributed by atoms with Crippen LogP contribution >= 0.6 is 23.2 Å². The molecule has 0 aliphatic carbocycles. The molecule has 1 aromatic carbocycles. The number of hydrogen-bond donors (Lipinski definition) is 0. The molecule has 0 spiro atoms. The van der Waals surface area contributed by atoms with Gasteiger partial charge in [-0.2, -0.15) is 0 Å². The lowest BCUT2D eigenvalue weighted by Crippen LogP contribution is -1.93. The van der Waals surface area contributed by atoms with E-state index in [4.69, 9.17) is 27.9 Å². The highest BCUT2D eigenvalue weighted by Gasteiger charge is 2.09. The Hall–Kier alpha value is -1.32. The van der Waals surface area contributed by atoms with Crippen molar-refractivity contribution in [1.29, 1.82) is 0 Å². The van der Waals surface area contributed by atoms with Crippen LogP contribution in [0.25, 0.3) is 0 Å². The van der Waals surface area contributed by atoms with Crippen LogP contribution in [-0.4, -0.2) is 10.2 Å². The van der Waals surface area contributed by atoms with Crippen molar-refractivity contribution in [3.05, 3.63) is 45.7 Å². The Balaban J connectivity index is 2.38. The Morgan fingerprint density at radius 1 is 1.06 bits per heavy atom. The first-order chi connectivity index (χ1) is 8.08. The van der Waals surface area contributed by atoms with E-state index >= 15 is 0 Å². The molecule has 17 heavy (non-hydrogen) atoms. The van der Waals surface area contributed by atoms with E-state index in [-0.39, 0.29) is 10.3 Å². The summed E-state index contributed by atoms with van der Waals surface area (Å²) >= 11 is 11.6. The van der Waals surface area contributed by atoms with E-state index in [0.29, 0.717) is 5.75 Å². The lowest BCUT2D eigenvalue weighted by molar-refractivity contribution is 0.474. The third-order valence-electron chi connectivity index (χ3n) is 2.46. The highest BCUT2D eigenvalue weighted by molar-refractivity contribution is 6.32. The van der Waals surface area contributed by atoms with Gasteiger partial charge in [0.15, 0.2) is 16.1 Å². The molecule has 0 aliphatic heterocycles. The van der Waals surface area contributed by atoms with Crippen molar-refractivity contribution in [1.82, 2.24) is 10.2 Å². The van der Waals surface area contributed by atoms with E-state index in [9.17, 15) is 0 Å². The molecule has 0 saturated heterocycles. The van der Waals surface area contributed by atoms with E-state index in [1.165, 1.54) is 0 Å². The van der Waals surface area contributed by atoms with Crippen LogP contribution in [0.2, 0.25) is 10.3 Å². The Morgan fingerprint density at radius 3 is 2.59 bits per heavy atom. The van der Waals surface area contributed by atoms with Crippen LogP contribution in [0.15, 0.2) is 24.3 Å². The number of halogens is 2. The zero-order chi connectivity index (χ0) is 12.4. The number of rotatable bonds is 2. The lowest BCUT2D eigenvalue weighted by Gasteiger charge is -2.10. The van der Waals surface area contributed by atoms with Crippen molar-refractivity contribution in [3.63, 3.8) is 0 Å². The van der Waals surface area contributed by atoms with E-state index in [1.54, 1.807) is 6.07 Å². The minimum atomic E-state index is 0.190. The minimum absolute atomic E-state index is 0.190. The molecule has 5 heteroatoms. The summed E-state index contributed by atoms with van der Waals surface area (Å²) in [6.07, 6.45) is 0. The molecule has 2 aromatic rings. The van der Waals surface area contributed by atoms with Gasteiger partial charge in [0.05, 0.1) is 0 Å². The maximum absolute atomic E-state index is 5.88. The number of aromatic nitrogens is 2. The standard InChI is InChI=1S/C12H10Cl2N2O/c1-7-4-3-5-9(8(7)2)17-10-6-11(13)15-16-12(10)14/h3-6H,1-2H3. The quantitative estimate of drug-likeness (QED) is 0.819. The molecule has 0 atom stereocenters. The number of hydrogen-bond acceptors (Lipinski definition) is 3. The van der Waals surface area contributed by atoms with Crippen molar-refractivity contribution in [2.45, 2.75) is 13.8 Å². The Bertz CT molecular complexity index is 558. The summed E-state index contributed by atoms with van der Waals surface area (Å²) in [6.45, 7) is 4.00. The van der Waals surface area contributed by atoms with Crippen LogP contribution in [0.1, 0.15) is 11.1 Å². The fraction of sp³-hybridized carbons (Fsp3) is 0.167. The highest BCUT2D eigenvalue weighted by atomic mass is 35.5. The van der Waals surface area contributed by atoms with Gasteiger partial charge in [0.1, 0.15) is 5.75 Å². The highest BCUT2D eigenvalue weighted by Crippen LogP contribution is 2.31. The van der Waals surface area contributed by atoms with Gasteiger partial charge in [-0.3, -0.25) is 0 Å². The Labute approximate surface area is 109 Å². The number of aryl methyl sites for hydroxylation is 1. The molecule has 0 bridgehead atoms. The van der Waals surface area contributed by atoms with Gasteiger partial charge in [0.25, 0.3) is 0 Å². The molecule has 0 fully saturated rings. The van der Waals surface area contributed by atoms with Crippen LogP contribution in [-0.2, 0) is 0 Å². The first-order valence-corrected chi connectivity index (χ1v) is 5.76.